The molecule has 1 N–H and O–H groups in total. The smallest absolute Gasteiger partial charge is 0.353 e. The van der Waals surface area contributed by atoms with Crippen molar-refractivity contribution in [2.45, 2.75) is 69.4 Å². The van der Waals surface area contributed by atoms with Gasteiger partial charge in [0.05, 0.1) is 12.7 Å². The molecule has 4 rings (SSSR count). The van der Waals surface area contributed by atoms with Crippen LogP contribution in [0.1, 0.15) is 33.4 Å². The maximum Gasteiger partial charge on any atom is 0.353 e. The number of hydrogen-bond donors (Lipinski definition) is 1. The lowest BCUT2D eigenvalue weighted by Crippen LogP contribution is -2.64. The van der Waals surface area contributed by atoms with E-state index in [1.165, 1.54) is 36.9 Å². The molecule has 0 aromatic carbocycles. The van der Waals surface area contributed by atoms with E-state index < -0.39 is 45.1 Å². The van der Waals surface area contributed by atoms with Crippen molar-refractivity contribution in [1.82, 2.24) is 9.55 Å². The molecule has 0 saturated carbocycles. The number of rotatable bonds is 7. The van der Waals surface area contributed by atoms with Crippen LogP contribution in [0.25, 0.3) is 0 Å². The normalized spacial score (nSPS) is 29.0. The van der Waals surface area contributed by atoms with Crippen LogP contribution in [-0.2, 0) is 27.5 Å². The Morgan fingerprint density at radius 2 is 1.94 bits per heavy atom. The molecule has 10 nitrogen and oxygen atoms in total. The van der Waals surface area contributed by atoms with Gasteiger partial charge in [-0.15, -0.1) is 0 Å². The highest BCUT2D eigenvalue weighted by Crippen LogP contribution is 2.51. The van der Waals surface area contributed by atoms with Gasteiger partial charge in [0.2, 0.25) is 0 Å². The van der Waals surface area contributed by atoms with Gasteiger partial charge in [-0.2, -0.15) is 0 Å². The van der Waals surface area contributed by atoms with Crippen LogP contribution in [0.5, 0.6) is 0 Å². The number of aromatic nitrogens is 2. The molecular weight excluding hydrogens is 455 g/mol. The second-order valence-electron chi connectivity index (χ2n) is 9.71. The Bertz CT molecular complexity index is 1020. The third-order valence-corrected chi connectivity index (χ3v) is 12.6. The Morgan fingerprint density at radius 3 is 2.50 bits per heavy atom. The first-order chi connectivity index (χ1) is 14.7. The molecule has 3 fully saturated rings. The van der Waals surface area contributed by atoms with E-state index in [4.69, 9.17) is 22.9 Å². The number of H-pyrrole nitrogens is 1. The van der Waals surface area contributed by atoms with Crippen molar-refractivity contribution in [1.29, 1.82) is 0 Å². The van der Waals surface area contributed by atoms with E-state index in [-0.39, 0.29) is 17.7 Å². The SMILES string of the molecule is COP(=O)(/C=C/[C@]12CO[C@H](C(O[Si](C)(C)C(C)(C)C)C1)[C@H](n1ccc(=O)[nH]c1=O)O2)OC. The Balaban J connectivity index is 2.03. The molecule has 3 saturated heterocycles. The van der Waals surface area contributed by atoms with E-state index in [0.717, 1.165) is 0 Å². The number of nitrogens with one attached hydrogen (secondary N) is 1. The van der Waals surface area contributed by atoms with E-state index in [0.29, 0.717) is 6.42 Å². The average Bonchev–Trinajstić information content (AvgIpc) is 2.71. The van der Waals surface area contributed by atoms with Gasteiger partial charge in [0.1, 0.15) is 11.7 Å². The van der Waals surface area contributed by atoms with Crippen molar-refractivity contribution in [3.05, 3.63) is 45.0 Å². The minimum atomic E-state index is -3.45. The fourth-order valence-electron chi connectivity index (χ4n) is 3.60. The van der Waals surface area contributed by atoms with E-state index in [9.17, 15) is 14.2 Å². The highest BCUT2D eigenvalue weighted by molar-refractivity contribution is 7.57. The standard InChI is InChI=1S/C20H33N2O8PSi/c1-19(2,3)32(6,7)30-14-12-20(9-11-31(25,26-4)27-5)13-28-16(14)17(29-20)22-10-8-15(23)21-18(22)24/h8-11,14,16-17H,12-13H2,1-7H3,(H,21,23,24)/b11-9+/t14?,16-,17-,20-/m1/s1. The van der Waals surface area contributed by atoms with Gasteiger partial charge in [-0.3, -0.25) is 18.9 Å². The van der Waals surface area contributed by atoms with Crippen molar-refractivity contribution in [2.75, 3.05) is 20.8 Å². The molecule has 32 heavy (non-hydrogen) atoms. The summed E-state index contributed by atoms with van der Waals surface area (Å²) in [4.78, 5) is 26.3. The minimum Gasteiger partial charge on any atom is -0.411 e. The fraction of sp³-hybridized carbons (Fsp3) is 0.700. The summed E-state index contributed by atoms with van der Waals surface area (Å²) in [5.41, 5.74) is -2.13. The Kier molecular flexibility index (Phi) is 6.95. The van der Waals surface area contributed by atoms with Gasteiger partial charge >= 0.3 is 13.3 Å². The van der Waals surface area contributed by atoms with Crippen molar-refractivity contribution >= 4 is 15.9 Å². The molecule has 1 aromatic rings. The molecular formula is C20H33N2O8PSi. The lowest BCUT2D eigenvalue weighted by Gasteiger charge is -2.54. The predicted octanol–water partition coefficient (Wildman–Crippen LogP) is 2.98. The monoisotopic (exact) mass is 488 g/mol. The molecule has 0 radical (unpaired) electrons. The molecule has 3 aliphatic heterocycles. The minimum absolute atomic E-state index is 0.0420. The third kappa shape index (κ3) is 4.94. The summed E-state index contributed by atoms with van der Waals surface area (Å²) in [6.45, 7) is 10.9. The zero-order valence-corrected chi connectivity index (χ0v) is 21.5. The summed E-state index contributed by atoms with van der Waals surface area (Å²) in [6.07, 6.45) is 1.66. The fourth-order valence-corrected chi connectivity index (χ4v) is 5.78. The molecule has 0 aliphatic carbocycles. The summed E-state index contributed by atoms with van der Waals surface area (Å²) < 4.78 is 43.1. The number of ether oxygens (including phenoxy) is 2. The van der Waals surface area contributed by atoms with E-state index in [1.807, 2.05) is 0 Å². The number of aromatic amines is 1. The summed E-state index contributed by atoms with van der Waals surface area (Å²) >= 11 is 0. The number of fused-ring (bicyclic) bond motifs is 3. The zero-order valence-electron chi connectivity index (χ0n) is 19.6. The molecule has 12 heteroatoms. The van der Waals surface area contributed by atoms with Crippen LogP contribution in [0, 0.1) is 0 Å². The van der Waals surface area contributed by atoms with E-state index >= 15 is 0 Å². The Morgan fingerprint density at radius 1 is 1.28 bits per heavy atom. The maximum atomic E-state index is 12.6. The van der Waals surface area contributed by atoms with Crippen molar-refractivity contribution in [2.24, 2.45) is 0 Å². The van der Waals surface area contributed by atoms with Crippen LogP contribution >= 0.6 is 7.60 Å². The second-order valence-corrected chi connectivity index (χ2v) is 16.6. The van der Waals surface area contributed by atoms with Crippen molar-refractivity contribution < 1.29 is 27.5 Å². The zero-order chi connectivity index (χ0) is 23.9. The van der Waals surface area contributed by atoms with Gasteiger partial charge < -0.3 is 22.9 Å². The van der Waals surface area contributed by atoms with Crippen LogP contribution in [0.3, 0.4) is 0 Å². The molecule has 4 heterocycles. The average molecular weight is 489 g/mol. The first-order valence-corrected chi connectivity index (χ1v) is 15.0. The van der Waals surface area contributed by atoms with Crippen LogP contribution in [0.2, 0.25) is 18.1 Å². The molecule has 1 unspecified atom stereocenters. The van der Waals surface area contributed by atoms with Gasteiger partial charge in [-0.1, -0.05) is 20.8 Å². The van der Waals surface area contributed by atoms with Crippen LogP contribution in [0.15, 0.2) is 33.7 Å². The van der Waals surface area contributed by atoms with Gasteiger partial charge in [0.15, 0.2) is 14.5 Å². The molecule has 0 amide bonds. The summed E-state index contributed by atoms with van der Waals surface area (Å²) in [5, 5.41) is -0.0420. The van der Waals surface area contributed by atoms with Crippen LogP contribution < -0.4 is 11.2 Å². The summed E-state index contributed by atoms with van der Waals surface area (Å²) in [7, 11) is -3.05. The predicted molar refractivity (Wildman–Crippen MR) is 121 cm³/mol. The number of nitrogens with zero attached hydrogens (tertiary/aromatic N) is 1. The highest BCUT2D eigenvalue weighted by atomic mass is 31.2. The second kappa shape index (κ2) is 8.79. The molecule has 180 valence electrons. The van der Waals surface area contributed by atoms with Gasteiger partial charge in [-0.25, -0.2) is 4.79 Å². The topological polar surface area (TPSA) is 118 Å². The lowest BCUT2D eigenvalue weighted by molar-refractivity contribution is -0.305. The third-order valence-electron chi connectivity index (χ3n) is 6.52. The van der Waals surface area contributed by atoms with Gasteiger partial charge in [-0.05, 0) is 24.2 Å². The number of hydrogen-bond acceptors (Lipinski definition) is 8. The van der Waals surface area contributed by atoms with Gasteiger partial charge in [0.25, 0.3) is 5.56 Å². The molecule has 2 bridgehead atoms. The summed E-state index contributed by atoms with van der Waals surface area (Å²) in [6, 6.07) is 1.25. The van der Waals surface area contributed by atoms with Crippen LogP contribution in [0.4, 0.5) is 0 Å². The lowest BCUT2D eigenvalue weighted by atomic mass is 9.87. The maximum absolute atomic E-state index is 12.6. The van der Waals surface area contributed by atoms with Crippen LogP contribution in [-0.4, -0.2) is 56.5 Å². The van der Waals surface area contributed by atoms with Crippen molar-refractivity contribution in [3.8, 4) is 0 Å². The van der Waals surface area contributed by atoms with E-state index in [2.05, 4.69) is 38.8 Å². The first-order valence-electron chi connectivity index (χ1n) is 10.5. The molecule has 3 aliphatic rings. The first kappa shape index (κ1) is 25.3. The van der Waals surface area contributed by atoms with Crippen molar-refractivity contribution in [3.63, 3.8) is 0 Å². The van der Waals surface area contributed by atoms with Gasteiger partial charge in [0, 0.05) is 38.7 Å². The molecule has 0 spiro atoms. The summed E-state index contributed by atoms with van der Waals surface area (Å²) in [5.74, 6) is 1.35. The quantitative estimate of drug-likeness (QED) is 0.460. The van der Waals surface area contributed by atoms with E-state index in [1.54, 1.807) is 6.08 Å². The molecule has 4 atom stereocenters. The largest absolute Gasteiger partial charge is 0.411 e. The Labute approximate surface area is 188 Å². The highest BCUT2D eigenvalue weighted by Gasteiger charge is 2.56. The molecule has 1 aromatic heterocycles. The Hall–Kier alpha value is -1.33.